The number of hydrogen-bond donors (Lipinski definition) is 2. The van der Waals surface area contributed by atoms with Crippen molar-refractivity contribution in [3.63, 3.8) is 0 Å². The molecule has 0 aliphatic carbocycles. The molecule has 5 nitrogen and oxygen atoms in total. The molecule has 0 atom stereocenters. The molecule has 0 aromatic heterocycles. The van der Waals surface area contributed by atoms with Crippen molar-refractivity contribution >= 4 is 21.8 Å². The Morgan fingerprint density at radius 3 is 2.73 bits per heavy atom. The lowest BCUT2D eigenvalue weighted by atomic mass is 10.2. The Balaban J connectivity index is 1.78. The molecule has 0 radical (unpaired) electrons. The molecule has 0 unspecified atom stereocenters. The normalized spacial score (nSPS) is 10.5. The molecular formula is C16H16BrN2O3-. The molecule has 0 spiro atoms. The van der Waals surface area contributed by atoms with Gasteiger partial charge < -0.3 is 20.1 Å². The van der Waals surface area contributed by atoms with Crippen molar-refractivity contribution in [2.24, 2.45) is 0 Å². The van der Waals surface area contributed by atoms with E-state index in [1.165, 1.54) is 0 Å². The first-order valence-electron chi connectivity index (χ1n) is 6.55. The van der Waals surface area contributed by atoms with Crippen LogP contribution in [0.5, 0.6) is 5.75 Å². The van der Waals surface area contributed by atoms with E-state index in [0.29, 0.717) is 11.3 Å². The van der Waals surface area contributed by atoms with Crippen LogP contribution in [0, 0.1) is 18.6 Å². The topological polar surface area (TPSA) is 80.2 Å². The van der Waals surface area contributed by atoms with Crippen molar-refractivity contribution in [2.45, 2.75) is 6.92 Å². The van der Waals surface area contributed by atoms with Crippen LogP contribution in [0.25, 0.3) is 5.48 Å². The second kappa shape index (κ2) is 7.93. The number of nitrogens with one attached hydrogen (secondary N) is 1. The summed E-state index contributed by atoms with van der Waals surface area (Å²) in [5.41, 5.74) is 5.40. The average Bonchev–Trinajstić information content (AvgIpc) is 2.52. The summed E-state index contributed by atoms with van der Waals surface area (Å²) < 4.78 is 6.23. The highest BCUT2D eigenvalue weighted by atomic mass is 79.9. The summed E-state index contributed by atoms with van der Waals surface area (Å²) in [7, 11) is 0. The minimum absolute atomic E-state index is 0.0244. The number of amidine groups is 1. The van der Waals surface area contributed by atoms with E-state index in [0.717, 1.165) is 10.0 Å². The molecule has 2 aromatic rings. The van der Waals surface area contributed by atoms with Crippen LogP contribution < -0.4 is 4.74 Å². The van der Waals surface area contributed by atoms with E-state index in [2.05, 4.69) is 26.2 Å². The molecule has 2 rings (SSSR count). The van der Waals surface area contributed by atoms with Crippen LogP contribution in [0.3, 0.4) is 0 Å². The fourth-order valence-corrected chi connectivity index (χ4v) is 2.26. The standard InChI is InChI=1S/C16H16BrN2O3/c1-11-7-8-14(13(17)9-11)21-10-15(20)22-19-16(18)12-5-3-2-4-6-12/h2-9,20,22H,10H2,1H3,(H-,18,19)/q-1. The monoisotopic (exact) mass is 363 g/mol. The molecule has 6 heteroatoms. The Labute approximate surface area is 137 Å². The predicted molar refractivity (Wildman–Crippen MR) is 88.0 cm³/mol. The number of hydroxylamine groups is 1. The second-order valence-corrected chi connectivity index (χ2v) is 5.41. The molecular weight excluding hydrogens is 348 g/mol. The summed E-state index contributed by atoms with van der Waals surface area (Å²) in [4.78, 5) is 3.60. The molecule has 116 valence electrons. The SMILES string of the molecule is Cc1ccc(OC[C-](O)[OH+][N-]C(=N)c2ccccc2)c(Br)c1. The van der Waals surface area contributed by atoms with Crippen LogP contribution >= 0.6 is 15.9 Å². The van der Waals surface area contributed by atoms with Gasteiger partial charge in [-0.1, -0.05) is 36.4 Å². The Morgan fingerprint density at radius 1 is 1.32 bits per heavy atom. The van der Waals surface area contributed by atoms with Crippen LogP contribution in [0.1, 0.15) is 11.1 Å². The van der Waals surface area contributed by atoms with Crippen molar-refractivity contribution in [3.8, 4) is 5.75 Å². The van der Waals surface area contributed by atoms with Crippen molar-refractivity contribution in [3.05, 3.63) is 75.9 Å². The van der Waals surface area contributed by atoms with Crippen LogP contribution in [0.15, 0.2) is 53.0 Å². The van der Waals surface area contributed by atoms with Gasteiger partial charge >= 0.3 is 0 Å². The van der Waals surface area contributed by atoms with Crippen LogP contribution in [-0.4, -0.2) is 22.4 Å². The number of aryl methyl sites for hydroxylation is 1. The van der Waals surface area contributed by atoms with Crippen LogP contribution in [-0.2, 0) is 0 Å². The van der Waals surface area contributed by atoms with Gasteiger partial charge in [-0.3, -0.25) is 0 Å². The first-order valence-corrected chi connectivity index (χ1v) is 7.35. The lowest BCUT2D eigenvalue weighted by Gasteiger charge is -2.23. The van der Waals surface area contributed by atoms with Gasteiger partial charge in [-0.2, -0.15) is 0 Å². The molecule has 0 heterocycles. The van der Waals surface area contributed by atoms with E-state index in [9.17, 15) is 5.11 Å². The van der Waals surface area contributed by atoms with E-state index in [4.69, 9.17) is 10.1 Å². The number of aliphatic hydroxyl groups excluding tert-OH is 1. The van der Waals surface area contributed by atoms with Crippen LogP contribution in [0.4, 0.5) is 0 Å². The molecule has 0 aliphatic heterocycles. The smallest absolute Gasteiger partial charge is 0.136 e. The zero-order valence-corrected chi connectivity index (χ0v) is 13.5. The minimum atomic E-state index is -0.298. The lowest BCUT2D eigenvalue weighted by Crippen LogP contribution is -2.16. The number of ether oxygens (including phenoxy) is 1. The van der Waals surface area contributed by atoms with Gasteiger partial charge in [0.05, 0.1) is 11.1 Å². The molecule has 2 aromatic carbocycles. The first kappa shape index (κ1) is 16.5. The number of halogens is 1. The van der Waals surface area contributed by atoms with E-state index < -0.39 is 0 Å². The molecule has 0 bridgehead atoms. The van der Waals surface area contributed by atoms with E-state index >= 15 is 0 Å². The largest absolute Gasteiger partial charge is 0.514 e. The Morgan fingerprint density at radius 2 is 2.05 bits per heavy atom. The molecule has 22 heavy (non-hydrogen) atoms. The molecule has 0 amide bonds. The molecule has 3 N–H and O–H groups in total. The van der Waals surface area contributed by atoms with E-state index in [1.807, 2.05) is 25.1 Å². The van der Waals surface area contributed by atoms with Crippen molar-refractivity contribution in [1.82, 2.24) is 0 Å². The summed E-state index contributed by atoms with van der Waals surface area (Å²) in [6.45, 7) is 1.86. The van der Waals surface area contributed by atoms with E-state index in [-0.39, 0.29) is 18.7 Å². The van der Waals surface area contributed by atoms with Gasteiger partial charge in [0.25, 0.3) is 0 Å². The fraction of sp³-hybridized carbons (Fsp3) is 0.125. The average molecular weight is 364 g/mol. The Hall–Kier alpha value is -1.89. The quantitative estimate of drug-likeness (QED) is 0.263. The summed E-state index contributed by atoms with van der Waals surface area (Å²) in [6, 6.07) is 14.6. The third-order valence-corrected chi connectivity index (χ3v) is 3.38. The van der Waals surface area contributed by atoms with Crippen molar-refractivity contribution in [2.75, 3.05) is 6.61 Å². The summed E-state index contributed by atoms with van der Waals surface area (Å²) in [5, 5.41) is 17.4. The highest BCUT2D eigenvalue weighted by Gasteiger charge is 2.03. The van der Waals surface area contributed by atoms with Gasteiger partial charge in [-0.25, -0.2) is 5.48 Å². The number of benzene rings is 2. The predicted octanol–water partition coefficient (Wildman–Crippen LogP) is 4.32. The van der Waals surface area contributed by atoms with Crippen molar-refractivity contribution in [1.29, 1.82) is 5.41 Å². The number of aliphatic hydroxyl groups is 2. The lowest BCUT2D eigenvalue weighted by molar-refractivity contribution is -0.0829. The first-order chi connectivity index (χ1) is 10.6. The zero-order valence-electron chi connectivity index (χ0n) is 12.0. The minimum Gasteiger partial charge on any atom is -0.514 e. The number of nitrogens with zero attached hydrogens (tertiary/aromatic N) is 1. The highest BCUT2D eigenvalue weighted by molar-refractivity contribution is 9.10. The summed E-state index contributed by atoms with van der Waals surface area (Å²) in [5.74, 6) is 0.578. The highest BCUT2D eigenvalue weighted by Crippen LogP contribution is 2.26. The van der Waals surface area contributed by atoms with Gasteiger partial charge in [0.1, 0.15) is 12.0 Å². The number of hydrogen-bond acceptors (Lipinski definition) is 3. The van der Waals surface area contributed by atoms with Gasteiger partial charge in [-0.15, -0.1) is 0 Å². The summed E-state index contributed by atoms with van der Waals surface area (Å²) >= 11 is 3.39. The van der Waals surface area contributed by atoms with Gasteiger partial charge in [0, 0.05) is 5.84 Å². The fourth-order valence-electron chi connectivity index (χ4n) is 1.66. The zero-order chi connectivity index (χ0) is 15.9. The maximum Gasteiger partial charge on any atom is 0.136 e. The molecule has 0 saturated carbocycles. The Bertz CT molecular complexity index is 635. The van der Waals surface area contributed by atoms with Gasteiger partial charge in [0.15, 0.2) is 0 Å². The maximum absolute atomic E-state index is 9.67. The van der Waals surface area contributed by atoms with Gasteiger partial charge in [-0.05, 0) is 46.1 Å². The van der Waals surface area contributed by atoms with Crippen LogP contribution in [0.2, 0.25) is 0 Å². The van der Waals surface area contributed by atoms with Crippen molar-refractivity contribution < 1.29 is 14.7 Å². The molecule has 0 fully saturated rings. The third kappa shape index (κ3) is 4.84. The Kier molecular flexibility index (Phi) is 5.94. The number of rotatable bonds is 6. The third-order valence-electron chi connectivity index (χ3n) is 2.76. The molecule has 0 aliphatic rings. The summed E-state index contributed by atoms with van der Waals surface area (Å²) in [6.07, 6.45) is -0.298. The second-order valence-electron chi connectivity index (χ2n) is 4.55. The van der Waals surface area contributed by atoms with Gasteiger partial charge in [0.2, 0.25) is 0 Å². The molecule has 0 saturated heterocycles. The maximum atomic E-state index is 9.67. The van der Waals surface area contributed by atoms with E-state index in [1.54, 1.807) is 30.3 Å².